The van der Waals surface area contributed by atoms with Gasteiger partial charge in [0.25, 0.3) is 5.91 Å². The number of nitriles is 1. The Morgan fingerprint density at radius 1 is 1.26 bits per heavy atom. The van der Waals surface area contributed by atoms with Crippen LogP contribution in [0.3, 0.4) is 0 Å². The zero-order valence-corrected chi connectivity index (χ0v) is 16.9. The van der Waals surface area contributed by atoms with Crippen molar-refractivity contribution in [2.24, 2.45) is 0 Å². The minimum Gasteiger partial charge on any atom is -0.376 e. The summed E-state index contributed by atoms with van der Waals surface area (Å²) in [5.74, 6) is 0.630. The number of rotatable bonds is 6. The van der Waals surface area contributed by atoms with Gasteiger partial charge in [-0.15, -0.1) is 0 Å². The topological polar surface area (TPSA) is 71.5 Å². The molecule has 2 N–H and O–H groups in total. The van der Waals surface area contributed by atoms with Crippen molar-refractivity contribution in [2.45, 2.75) is 77.5 Å². The van der Waals surface area contributed by atoms with Gasteiger partial charge in [0.15, 0.2) is 6.54 Å². The number of anilines is 1. The van der Waals surface area contributed by atoms with Gasteiger partial charge in [0.1, 0.15) is 11.9 Å². The number of hydrogen-bond acceptors (Lipinski definition) is 3. The van der Waals surface area contributed by atoms with Crippen molar-refractivity contribution in [3.8, 4) is 6.07 Å². The van der Waals surface area contributed by atoms with E-state index in [1.165, 1.54) is 37.0 Å². The minimum atomic E-state index is -0.0133. The second-order valence-electron chi connectivity index (χ2n) is 8.20. The van der Waals surface area contributed by atoms with E-state index < -0.39 is 0 Å². The summed E-state index contributed by atoms with van der Waals surface area (Å²) < 4.78 is 7.85. The molecule has 1 saturated heterocycles. The van der Waals surface area contributed by atoms with E-state index in [-0.39, 0.29) is 12.0 Å². The molecule has 0 spiro atoms. The van der Waals surface area contributed by atoms with Crippen LogP contribution in [0.5, 0.6) is 0 Å². The number of hydrogen-bond donors (Lipinski definition) is 2. The normalized spacial score (nSPS) is 21.8. The van der Waals surface area contributed by atoms with Gasteiger partial charge in [0.05, 0.1) is 31.3 Å². The third-order valence-corrected chi connectivity index (χ3v) is 6.35. The van der Waals surface area contributed by atoms with Gasteiger partial charge in [-0.1, -0.05) is 6.42 Å². The van der Waals surface area contributed by atoms with E-state index in [4.69, 9.17) is 4.74 Å². The van der Waals surface area contributed by atoms with Crippen molar-refractivity contribution in [1.82, 2.24) is 4.57 Å². The number of nitrogens with zero attached hydrogens (tertiary/aromatic N) is 2. The highest BCUT2D eigenvalue weighted by molar-refractivity contribution is 5.92. The van der Waals surface area contributed by atoms with Crippen molar-refractivity contribution < 1.29 is 14.4 Å². The van der Waals surface area contributed by atoms with Crippen LogP contribution in [0.15, 0.2) is 0 Å². The summed E-state index contributed by atoms with van der Waals surface area (Å²) >= 11 is 0. The Bertz CT molecular complexity index is 707. The van der Waals surface area contributed by atoms with Crippen molar-refractivity contribution >= 4 is 11.7 Å². The van der Waals surface area contributed by atoms with Gasteiger partial charge < -0.3 is 19.5 Å². The van der Waals surface area contributed by atoms with E-state index in [1.54, 1.807) is 0 Å². The molecule has 6 heteroatoms. The van der Waals surface area contributed by atoms with E-state index >= 15 is 0 Å². The molecule has 0 aromatic carbocycles. The van der Waals surface area contributed by atoms with Crippen LogP contribution in [-0.2, 0) is 16.1 Å². The number of amides is 1. The van der Waals surface area contributed by atoms with E-state index in [0.717, 1.165) is 30.7 Å². The predicted octanol–water partition coefficient (Wildman–Crippen LogP) is 1.94. The monoisotopic (exact) mass is 373 g/mol. The Morgan fingerprint density at radius 3 is 2.63 bits per heavy atom. The van der Waals surface area contributed by atoms with Gasteiger partial charge in [-0.3, -0.25) is 4.79 Å². The maximum Gasteiger partial charge on any atom is 0.280 e. The molecule has 1 unspecified atom stereocenters. The number of carbonyl (C=O) groups is 1. The molecule has 2 heterocycles. The van der Waals surface area contributed by atoms with Crippen LogP contribution in [0.4, 0.5) is 5.82 Å². The zero-order valence-electron chi connectivity index (χ0n) is 16.9. The molecule has 2 atom stereocenters. The molecule has 1 saturated carbocycles. The molecule has 0 radical (unpaired) electrons. The lowest BCUT2D eigenvalue weighted by Crippen LogP contribution is -3.14. The number of nitrogens with one attached hydrogen (secondary N) is 2. The number of ether oxygens (including phenoxy) is 1. The van der Waals surface area contributed by atoms with Crippen LogP contribution in [0.2, 0.25) is 0 Å². The van der Waals surface area contributed by atoms with Crippen molar-refractivity contribution in [1.29, 1.82) is 5.26 Å². The molecule has 1 aliphatic heterocycles. The maximum atomic E-state index is 12.8. The second kappa shape index (κ2) is 8.90. The second-order valence-corrected chi connectivity index (χ2v) is 8.20. The molecule has 27 heavy (non-hydrogen) atoms. The highest BCUT2D eigenvalue weighted by Crippen LogP contribution is 2.28. The lowest BCUT2D eigenvalue weighted by molar-refractivity contribution is -0.899. The molecule has 1 amide bonds. The van der Waals surface area contributed by atoms with Crippen LogP contribution in [0.1, 0.15) is 61.8 Å². The third-order valence-electron chi connectivity index (χ3n) is 6.35. The molecular weight excluding hydrogens is 340 g/mol. The van der Waals surface area contributed by atoms with Gasteiger partial charge >= 0.3 is 0 Å². The summed E-state index contributed by atoms with van der Waals surface area (Å²) in [6.07, 6.45) is 8.53. The Balaban J connectivity index is 1.73. The molecule has 1 aromatic rings. The average molecular weight is 374 g/mol. The van der Waals surface area contributed by atoms with Gasteiger partial charge in [-0.25, -0.2) is 0 Å². The first-order valence-electron chi connectivity index (χ1n) is 10.3. The summed E-state index contributed by atoms with van der Waals surface area (Å²) in [6.45, 7) is 5.90. The van der Waals surface area contributed by atoms with Gasteiger partial charge in [0, 0.05) is 12.3 Å². The fraction of sp³-hybridized carbons (Fsp3) is 0.714. The molecule has 148 valence electrons. The number of aromatic nitrogens is 1. The highest BCUT2D eigenvalue weighted by Gasteiger charge is 2.26. The standard InChI is InChI=1S/C21H32N4O2/c1-15-16(2)25(13-18-10-7-11-27-18)21(19(15)12-22)23-20(26)14-24(3)17-8-5-4-6-9-17/h17-18H,4-11,13-14H2,1-3H3,(H,23,26)/p+1/t18-/m0/s1. The quantitative estimate of drug-likeness (QED) is 0.801. The number of carbonyl (C=O) groups excluding carboxylic acids is 1. The maximum absolute atomic E-state index is 12.8. The third kappa shape index (κ3) is 4.53. The fourth-order valence-corrected chi connectivity index (χ4v) is 4.52. The first kappa shape index (κ1) is 19.9. The largest absolute Gasteiger partial charge is 0.376 e. The predicted molar refractivity (Wildman–Crippen MR) is 105 cm³/mol. The molecule has 2 fully saturated rings. The summed E-state index contributed by atoms with van der Waals surface area (Å²) in [5, 5.41) is 12.7. The Labute approximate surface area is 162 Å². The van der Waals surface area contributed by atoms with Crippen molar-refractivity contribution in [2.75, 3.05) is 25.5 Å². The van der Waals surface area contributed by atoms with Gasteiger partial charge in [-0.05, 0) is 57.9 Å². The van der Waals surface area contributed by atoms with E-state index in [1.807, 2.05) is 13.8 Å². The lowest BCUT2D eigenvalue weighted by Gasteiger charge is -2.27. The summed E-state index contributed by atoms with van der Waals surface area (Å²) in [4.78, 5) is 14.0. The first-order valence-corrected chi connectivity index (χ1v) is 10.3. The smallest absolute Gasteiger partial charge is 0.280 e. The highest BCUT2D eigenvalue weighted by atomic mass is 16.5. The molecule has 3 rings (SSSR count). The van der Waals surface area contributed by atoms with Crippen LogP contribution in [0, 0.1) is 25.2 Å². The van der Waals surface area contributed by atoms with E-state index in [2.05, 4.69) is 23.0 Å². The molecule has 0 bridgehead atoms. The van der Waals surface area contributed by atoms with E-state index in [0.29, 0.717) is 30.5 Å². The minimum absolute atomic E-state index is 0.0133. The van der Waals surface area contributed by atoms with Gasteiger partial charge in [0.2, 0.25) is 0 Å². The molecular formula is C21H33N4O2+. The molecule has 6 nitrogen and oxygen atoms in total. The van der Waals surface area contributed by atoms with Crippen LogP contribution >= 0.6 is 0 Å². The molecule has 2 aliphatic rings. The van der Waals surface area contributed by atoms with Crippen LogP contribution in [-0.4, -0.2) is 42.8 Å². The summed E-state index contributed by atoms with van der Waals surface area (Å²) in [5.41, 5.74) is 2.55. The Morgan fingerprint density at radius 2 is 2.00 bits per heavy atom. The zero-order chi connectivity index (χ0) is 19.4. The summed E-state index contributed by atoms with van der Waals surface area (Å²) in [6, 6.07) is 2.86. The van der Waals surface area contributed by atoms with E-state index in [9.17, 15) is 10.1 Å². The number of quaternary nitrogens is 1. The Kier molecular flexibility index (Phi) is 6.56. The van der Waals surface area contributed by atoms with Gasteiger partial charge in [-0.2, -0.15) is 5.26 Å². The Hall–Kier alpha value is -1.84. The van der Waals surface area contributed by atoms with Crippen molar-refractivity contribution in [3.63, 3.8) is 0 Å². The first-order chi connectivity index (χ1) is 13.0. The molecule has 1 aromatic heterocycles. The van der Waals surface area contributed by atoms with Crippen molar-refractivity contribution in [3.05, 3.63) is 16.8 Å². The SMILES string of the molecule is Cc1c(C#N)c(NC(=O)C[NH+](C)C2CCCCC2)n(C[C@@H]2CCCO2)c1C. The lowest BCUT2D eigenvalue weighted by atomic mass is 9.94. The van der Waals surface area contributed by atoms with Crippen LogP contribution < -0.4 is 10.2 Å². The fourth-order valence-electron chi connectivity index (χ4n) is 4.52. The number of likely N-dealkylation sites (N-methyl/N-ethyl adjacent to an activating group) is 1. The summed E-state index contributed by atoms with van der Waals surface area (Å²) in [7, 11) is 2.11. The van der Waals surface area contributed by atoms with Crippen LogP contribution in [0.25, 0.3) is 0 Å². The molecule has 1 aliphatic carbocycles. The average Bonchev–Trinajstić information content (AvgIpc) is 3.25.